The first-order valence-electron chi connectivity index (χ1n) is 5.04. The number of nitrogens with two attached hydrogens (primary N) is 1. The minimum Gasteiger partial charge on any atom is -0.486 e. The maximum atomic E-state index is 13.2. The van der Waals surface area contributed by atoms with E-state index < -0.39 is 11.6 Å². The lowest BCUT2D eigenvalue weighted by atomic mass is 10.2. The fourth-order valence-corrected chi connectivity index (χ4v) is 1.83. The van der Waals surface area contributed by atoms with Crippen LogP contribution >= 0.6 is 0 Å². The van der Waals surface area contributed by atoms with Gasteiger partial charge >= 0.3 is 0 Å². The van der Waals surface area contributed by atoms with Crippen LogP contribution in [0, 0.1) is 11.6 Å². The molecule has 1 saturated carbocycles. The molecule has 15 heavy (non-hydrogen) atoms. The standard InChI is InChI=1S/C11H13F2NO/c12-7-4-5-10(8(13)6-7)15-11-3-1-2-9(11)14/h4-6,9,11H,1-3,14H2/t9-,11?/m0/s1. The van der Waals surface area contributed by atoms with E-state index in [1.165, 1.54) is 12.1 Å². The van der Waals surface area contributed by atoms with Crippen molar-refractivity contribution in [3.63, 3.8) is 0 Å². The molecule has 1 fully saturated rings. The minimum atomic E-state index is -0.672. The van der Waals surface area contributed by atoms with Gasteiger partial charge in [-0.05, 0) is 31.4 Å². The quantitative estimate of drug-likeness (QED) is 0.817. The minimum absolute atomic E-state index is 0.0468. The van der Waals surface area contributed by atoms with E-state index in [4.69, 9.17) is 10.5 Å². The summed E-state index contributed by atoms with van der Waals surface area (Å²) in [5, 5.41) is 0. The second-order valence-electron chi connectivity index (χ2n) is 3.83. The summed E-state index contributed by atoms with van der Waals surface area (Å²) in [5.41, 5.74) is 5.79. The number of hydrogen-bond donors (Lipinski definition) is 1. The Hall–Kier alpha value is -1.16. The van der Waals surface area contributed by atoms with Gasteiger partial charge in [-0.2, -0.15) is 0 Å². The maximum Gasteiger partial charge on any atom is 0.167 e. The average molecular weight is 213 g/mol. The predicted octanol–water partition coefficient (Wildman–Crippen LogP) is 2.22. The van der Waals surface area contributed by atoms with Crippen molar-refractivity contribution in [1.82, 2.24) is 0 Å². The first kappa shape index (κ1) is 10.4. The zero-order valence-electron chi connectivity index (χ0n) is 8.25. The van der Waals surface area contributed by atoms with E-state index in [2.05, 4.69) is 0 Å². The van der Waals surface area contributed by atoms with Crippen molar-refractivity contribution in [3.8, 4) is 5.75 Å². The molecule has 1 aliphatic carbocycles. The van der Waals surface area contributed by atoms with Gasteiger partial charge in [0.15, 0.2) is 11.6 Å². The van der Waals surface area contributed by atoms with Gasteiger partial charge in [0.1, 0.15) is 11.9 Å². The normalized spacial score (nSPS) is 25.5. The van der Waals surface area contributed by atoms with Gasteiger partial charge in [-0.1, -0.05) is 0 Å². The lowest BCUT2D eigenvalue weighted by Gasteiger charge is -2.18. The number of rotatable bonds is 2. The first-order chi connectivity index (χ1) is 7.16. The van der Waals surface area contributed by atoms with Gasteiger partial charge in [0.25, 0.3) is 0 Å². The summed E-state index contributed by atoms with van der Waals surface area (Å²) in [6.45, 7) is 0. The molecule has 0 bridgehead atoms. The molecule has 0 radical (unpaired) electrons. The molecule has 4 heteroatoms. The molecule has 0 saturated heterocycles. The van der Waals surface area contributed by atoms with Gasteiger partial charge < -0.3 is 10.5 Å². The molecule has 0 aromatic heterocycles. The van der Waals surface area contributed by atoms with Gasteiger partial charge in [-0.25, -0.2) is 8.78 Å². The molecule has 1 aromatic carbocycles. The van der Waals surface area contributed by atoms with Crippen molar-refractivity contribution < 1.29 is 13.5 Å². The molecule has 0 spiro atoms. The van der Waals surface area contributed by atoms with E-state index in [0.29, 0.717) is 0 Å². The van der Waals surface area contributed by atoms with Crippen LogP contribution in [0.3, 0.4) is 0 Å². The summed E-state index contributed by atoms with van der Waals surface area (Å²) < 4.78 is 31.2. The van der Waals surface area contributed by atoms with Crippen molar-refractivity contribution in [2.24, 2.45) is 5.73 Å². The summed E-state index contributed by atoms with van der Waals surface area (Å²) in [7, 11) is 0. The zero-order chi connectivity index (χ0) is 10.8. The fraction of sp³-hybridized carbons (Fsp3) is 0.455. The fourth-order valence-electron chi connectivity index (χ4n) is 1.83. The molecule has 1 unspecified atom stereocenters. The van der Waals surface area contributed by atoms with E-state index in [-0.39, 0.29) is 17.9 Å². The third-order valence-corrected chi connectivity index (χ3v) is 2.68. The summed E-state index contributed by atoms with van der Waals surface area (Å²) in [6, 6.07) is 3.25. The van der Waals surface area contributed by atoms with E-state index in [1.54, 1.807) is 0 Å². The number of benzene rings is 1. The second kappa shape index (κ2) is 4.14. The molecular weight excluding hydrogens is 200 g/mol. The highest BCUT2D eigenvalue weighted by Gasteiger charge is 2.26. The predicted molar refractivity (Wildman–Crippen MR) is 52.6 cm³/mol. The van der Waals surface area contributed by atoms with Gasteiger partial charge in [0.2, 0.25) is 0 Å². The van der Waals surface area contributed by atoms with E-state index in [9.17, 15) is 8.78 Å². The maximum absolute atomic E-state index is 13.2. The summed E-state index contributed by atoms with van der Waals surface area (Å²) in [5.74, 6) is -1.19. The van der Waals surface area contributed by atoms with Crippen LogP contribution in [0.25, 0.3) is 0 Å². The van der Waals surface area contributed by atoms with Crippen LogP contribution in [-0.4, -0.2) is 12.1 Å². The molecule has 82 valence electrons. The van der Waals surface area contributed by atoms with Crippen LogP contribution in [0.15, 0.2) is 18.2 Å². The summed E-state index contributed by atoms with van der Waals surface area (Å²) in [4.78, 5) is 0. The molecular formula is C11H13F2NO. The number of ether oxygens (including phenoxy) is 1. The molecule has 2 N–H and O–H groups in total. The Morgan fingerprint density at radius 2 is 2.07 bits per heavy atom. The number of halogens is 2. The molecule has 0 aliphatic heterocycles. The Bertz CT molecular complexity index is 356. The van der Waals surface area contributed by atoms with Gasteiger partial charge in [-0.3, -0.25) is 0 Å². The Morgan fingerprint density at radius 1 is 1.27 bits per heavy atom. The largest absolute Gasteiger partial charge is 0.486 e. The molecule has 2 atom stereocenters. The van der Waals surface area contributed by atoms with Crippen molar-refractivity contribution in [2.45, 2.75) is 31.4 Å². The third kappa shape index (κ3) is 2.26. The van der Waals surface area contributed by atoms with Crippen LogP contribution in [0.5, 0.6) is 5.75 Å². The third-order valence-electron chi connectivity index (χ3n) is 2.68. The van der Waals surface area contributed by atoms with Crippen molar-refractivity contribution >= 4 is 0 Å². The Kier molecular flexibility index (Phi) is 2.86. The van der Waals surface area contributed by atoms with E-state index >= 15 is 0 Å². The smallest absolute Gasteiger partial charge is 0.167 e. The van der Waals surface area contributed by atoms with Crippen LogP contribution in [0.2, 0.25) is 0 Å². The van der Waals surface area contributed by atoms with Crippen LogP contribution in [0.4, 0.5) is 8.78 Å². The van der Waals surface area contributed by atoms with Crippen LogP contribution in [-0.2, 0) is 0 Å². The first-order valence-corrected chi connectivity index (χ1v) is 5.04. The van der Waals surface area contributed by atoms with Gasteiger partial charge in [0.05, 0.1) is 0 Å². The Labute approximate surface area is 87.0 Å². The molecule has 2 rings (SSSR count). The van der Waals surface area contributed by atoms with Crippen LogP contribution < -0.4 is 10.5 Å². The van der Waals surface area contributed by atoms with Crippen LogP contribution in [0.1, 0.15) is 19.3 Å². The molecule has 0 amide bonds. The van der Waals surface area contributed by atoms with Crippen molar-refractivity contribution in [1.29, 1.82) is 0 Å². The van der Waals surface area contributed by atoms with Gasteiger partial charge in [0, 0.05) is 12.1 Å². The Balaban J connectivity index is 2.10. The van der Waals surface area contributed by atoms with E-state index in [1.807, 2.05) is 0 Å². The topological polar surface area (TPSA) is 35.2 Å². The monoisotopic (exact) mass is 213 g/mol. The second-order valence-corrected chi connectivity index (χ2v) is 3.83. The SMILES string of the molecule is N[C@H]1CCCC1Oc1ccc(F)cc1F. The molecule has 1 aliphatic rings. The van der Waals surface area contributed by atoms with E-state index in [0.717, 1.165) is 25.3 Å². The summed E-state index contributed by atoms with van der Waals surface area (Å²) >= 11 is 0. The molecule has 2 nitrogen and oxygen atoms in total. The average Bonchev–Trinajstić information content (AvgIpc) is 2.57. The summed E-state index contributed by atoms with van der Waals surface area (Å²) in [6.07, 6.45) is 2.57. The lowest BCUT2D eigenvalue weighted by Crippen LogP contribution is -2.33. The Morgan fingerprint density at radius 3 is 2.67 bits per heavy atom. The highest BCUT2D eigenvalue weighted by atomic mass is 19.1. The molecule has 0 heterocycles. The van der Waals surface area contributed by atoms with Crippen molar-refractivity contribution in [3.05, 3.63) is 29.8 Å². The lowest BCUT2D eigenvalue weighted by molar-refractivity contribution is 0.183. The molecule has 1 aromatic rings. The number of hydrogen-bond acceptors (Lipinski definition) is 2. The highest BCUT2D eigenvalue weighted by Crippen LogP contribution is 2.25. The van der Waals surface area contributed by atoms with Crippen molar-refractivity contribution in [2.75, 3.05) is 0 Å². The van der Waals surface area contributed by atoms with Gasteiger partial charge in [-0.15, -0.1) is 0 Å². The highest BCUT2D eigenvalue weighted by molar-refractivity contribution is 5.25. The zero-order valence-corrected chi connectivity index (χ0v) is 8.25.